The first kappa shape index (κ1) is 23.1. The van der Waals surface area contributed by atoms with Crippen LogP contribution in [0.25, 0.3) is 11.1 Å². The van der Waals surface area contributed by atoms with Crippen LogP contribution >= 0.6 is 23.2 Å². The van der Waals surface area contributed by atoms with Gasteiger partial charge in [0.15, 0.2) is 11.7 Å². The molecule has 0 aliphatic rings. The SMILES string of the molecule is NS(=O)(=O)c1ccc(C(C(=O)O)n2ncc(-c3ccc(Cl)cc3Cl)c2C(F)(F)F)cc1. The van der Waals surface area contributed by atoms with Crippen LogP contribution in [-0.4, -0.2) is 29.3 Å². The predicted molar refractivity (Wildman–Crippen MR) is 106 cm³/mol. The molecule has 3 N–H and O–H groups in total. The molecule has 0 saturated heterocycles. The van der Waals surface area contributed by atoms with E-state index in [1.807, 2.05) is 0 Å². The fourth-order valence-corrected chi connectivity index (χ4v) is 4.00. The summed E-state index contributed by atoms with van der Waals surface area (Å²) in [5.41, 5.74) is -1.98. The number of nitrogens with two attached hydrogens (primary N) is 1. The van der Waals surface area contributed by atoms with E-state index in [1.54, 1.807) is 0 Å². The molecule has 1 aromatic heterocycles. The third-order valence-electron chi connectivity index (χ3n) is 4.29. The monoisotopic (exact) mass is 493 g/mol. The Bertz CT molecular complexity index is 1260. The van der Waals surface area contributed by atoms with Crippen LogP contribution in [0.5, 0.6) is 0 Å². The molecule has 0 spiro atoms. The van der Waals surface area contributed by atoms with Gasteiger partial charge in [-0.25, -0.2) is 23.0 Å². The van der Waals surface area contributed by atoms with Crippen LogP contribution in [0.2, 0.25) is 10.0 Å². The zero-order chi connectivity index (χ0) is 23.1. The van der Waals surface area contributed by atoms with Crippen molar-refractivity contribution in [1.29, 1.82) is 0 Å². The molecule has 164 valence electrons. The summed E-state index contributed by atoms with van der Waals surface area (Å²) in [5, 5.41) is 18.4. The smallest absolute Gasteiger partial charge is 0.433 e. The summed E-state index contributed by atoms with van der Waals surface area (Å²) in [4.78, 5) is 11.6. The topological polar surface area (TPSA) is 115 Å². The maximum Gasteiger partial charge on any atom is 0.433 e. The number of halogens is 5. The minimum Gasteiger partial charge on any atom is -0.479 e. The molecule has 13 heteroatoms. The van der Waals surface area contributed by atoms with E-state index in [2.05, 4.69) is 5.10 Å². The van der Waals surface area contributed by atoms with Gasteiger partial charge in [-0.05, 0) is 29.8 Å². The summed E-state index contributed by atoms with van der Waals surface area (Å²) in [6, 6.07) is 6.02. The van der Waals surface area contributed by atoms with Crippen LogP contribution in [-0.2, 0) is 21.0 Å². The Morgan fingerprint density at radius 2 is 1.71 bits per heavy atom. The number of carboxylic acids is 1. The summed E-state index contributed by atoms with van der Waals surface area (Å²) in [6.07, 6.45) is -4.14. The van der Waals surface area contributed by atoms with E-state index in [0.717, 1.165) is 30.5 Å². The number of hydrogen-bond donors (Lipinski definition) is 2. The van der Waals surface area contributed by atoms with Gasteiger partial charge in [0, 0.05) is 16.1 Å². The van der Waals surface area contributed by atoms with Gasteiger partial charge in [0.2, 0.25) is 10.0 Å². The molecular formula is C18H12Cl2F3N3O4S. The molecule has 0 saturated carbocycles. The highest BCUT2D eigenvalue weighted by atomic mass is 35.5. The second-order valence-corrected chi connectivity index (χ2v) is 8.73. The van der Waals surface area contributed by atoms with Gasteiger partial charge in [0.25, 0.3) is 0 Å². The van der Waals surface area contributed by atoms with Crippen molar-refractivity contribution in [1.82, 2.24) is 9.78 Å². The van der Waals surface area contributed by atoms with Crippen molar-refractivity contribution >= 4 is 39.2 Å². The first-order valence-corrected chi connectivity index (χ1v) is 10.6. The molecule has 0 amide bonds. The molecule has 7 nitrogen and oxygen atoms in total. The minimum absolute atomic E-state index is 0.0432. The van der Waals surface area contributed by atoms with Gasteiger partial charge in [0.05, 0.1) is 16.1 Å². The van der Waals surface area contributed by atoms with Gasteiger partial charge in [0.1, 0.15) is 0 Å². The van der Waals surface area contributed by atoms with E-state index in [-0.39, 0.29) is 26.1 Å². The van der Waals surface area contributed by atoms with Gasteiger partial charge in [-0.15, -0.1) is 0 Å². The van der Waals surface area contributed by atoms with E-state index < -0.39 is 39.5 Å². The van der Waals surface area contributed by atoms with Gasteiger partial charge < -0.3 is 5.11 Å². The molecular weight excluding hydrogens is 482 g/mol. The Morgan fingerprint density at radius 1 is 1.10 bits per heavy atom. The van der Waals surface area contributed by atoms with E-state index in [1.165, 1.54) is 18.2 Å². The van der Waals surface area contributed by atoms with E-state index >= 15 is 0 Å². The zero-order valence-electron chi connectivity index (χ0n) is 15.1. The van der Waals surface area contributed by atoms with Crippen molar-refractivity contribution in [2.45, 2.75) is 17.1 Å². The predicted octanol–water partition coefficient (Wildman–Crippen LogP) is 4.20. The number of primary sulfonamides is 1. The lowest BCUT2D eigenvalue weighted by atomic mass is 10.0. The third kappa shape index (κ3) is 4.69. The normalized spacial score (nSPS) is 13.2. The number of aromatic nitrogens is 2. The Hall–Kier alpha value is -2.60. The van der Waals surface area contributed by atoms with Crippen LogP contribution in [0.15, 0.2) is 53.6 Å². The number of benzene rings is 2. The standard InChI is InChI=1S/C18H12Cl2F3N3O4S/c19-10-3-6-12(14(20)7-10)13-8-25-26(16(13)18(21,22)23)15(17(27)28)9-1-4-11(5-2-9)31(24,29)30/h1-8,15H,(H,27,28)(H2,24,29,30). The molecule has 3 rings (SSSR count). The van der Waals surface area contributed by atoms with Crippen LogP contribution in [0, 0.1) is 0 Å². The summed E-state index contributed by atoms with van der Waals surface area (Å²) in [5.74, 6) is -1.65. The zero-order valence-corrected chi connectivity index (χ0v) is 17.5. The van der Waals surface area contributed by atoms with Crippen molar-refractivity contribution in [3.63, 3.8) is 0 Å². The lowest BCUT2D eigenvalue weighted by Crippen LogP contribution is -2.26. The maximum atomic E-state index is 14.0. The molecule has 0 aliphatic carbocycles. The second kappa shape index (κ2) is 8.15. The van der Waals surface area contributed by atoms with Gasteiger partial charge in [-0.1, -0.05) is 41.4 Å². The van der Waals surface area contributed by atoms with Crippen LogP contribution in [0.4, 0.5) is 13.2 Å². The highest BCUT2D eigenvalue weighted by molar-refractivity contribution is 7.89. The average Bonchev–Trinajstić information content (AvgIpc) is 3.06. The van der Waals surface area contributed by atoms with E-state index in [4.69, 9.17) is 28.3 Å². The minimum atomic E-state index is -5.00. The molecule has 1 heterocycles. The number of aliphatic carboxylic acids is 1. The number of carbonyl (C=O) groups is 1. The van der Waals surface area contributed by atoms with Gasteiger partial charge >= 0.3 is 12.1 Å². The van der Waals surface area contributed by atoms with Crippen molar-refractivity contribution in [3.8, 4) is 11.1 Å². The molecule has 0 fully saturated rings. The highest BCUT2D eigenvalue weighted by Gasteiger charge is 2.42. The van der Waals surface area contributed by atoms with Crippen LogP contribution in [0.3, 0.4) is 0 Å². The maximum absolute atomic E-state index is 14.0. The third-order valence-corrected chi connectivity index (χ3v) is 5.77. The quantitative estimate of drug-likeness (QED) is 0.552. The molecule has 31 heavy (non-hydrogen) atoms. The van der Waals surface area contributed by atoms with Crippen molar-refractivity contribution in [2.75, 3.05) is 0 Å². The van der Waals surface area contributed by atoms with Crippen LogP contribution < -0.4 is 5.14 Å². The molecule has 1 atom stereocenters. The number of hydrogen-bond acceptors (Lipinski definition) is 4. The van der Waals surface area contributed by atoms with Crippen molar-refractivity contribution < 1.29 is 31.5 Å². The fraction of sp³-hybridized carbons (Fsp3) is 0.111. The Morgan fingerprint density at radius 3 is 2.19 bits per heavy atom. The first-order valence-electron chi connectivity index (χ1n) is 8.26. The molecule has 1 unspecified atom stereocenters. The van der Waals surface area contributed by atoms with Crippen LogP contribution in [0.1, 0.15) is 17.3 Å². The molecule has 3 aromatic rings. The van der Waals surface area contributed by atoms with Gasteiger partial charge in [-0.3, -0.25) is 0 Å². The number of rotatable bonds is 5. The Labute approximate surface area is 183 Å². The fourth-order valence-electron chi connectivity index (χ4n) is 2.97. The molecule has 0 bridgehead atoms. The summed E-state index contributed by atoms with van der Waals surface area (Å²) < 4.78 is 65.0. The van der Waals surface area contributed by atoms with Gasteiger partial charge in [-0.2, -0.15) is 18.3 Å². The van der Waals surface area contributed by atoms with Crippen molar-refractivity contribution in [3.05, 3.63) is 70.0 Å². The Kier molecular flexibility index (Phi) is 6.07. The highest BCUT2D eigenvalue weighted by Crippen LogP contribution is 2.42. The summed E-state index contributed by atoms with van der Waals surface area (Å²) in [7, 11) is -4.08. The Balaban J connectivity index is 2.22. The van der Waals surface area contributed by atoms with E-state index in [9.17, 15) is 31.5 Å². The lowest BCUT2D eigenvalue weighted by molar-refractivity contribution is -0.148. The summed E-state index contributed by atoms with van der Waals surface area (Å²) >= 11 is 11.8. The van der Waals surface area contributed by atoms with Crippen molar-refractivity contribution in [2.24, 2.45) is 5.14 Å². The number of alkyl halides is 3. The number of carboxylic acid groups (broad SMARTS) is 1. The average molecular weight is 494 g/mol. The number of sulfonamides is 1. The molecule has 0 radical (unpaired) electrons. The largest absolute Gasteiger partial charge is 0.479 e. The first-order chi connectivity index (χ1) is 14.3. The summed E-state index contributed by atoms with van der Waals surface area (Å²) in [6.45, 7) is 0. The number of nitrogens with zero attached hydrogens (tertiary/aromatic N) is 2. The molecule has 0 aliphatic heterocycles. The lowest BCUT2D eigenvalue weighted by Gasteiger charge is -2.19. The second-order valence-electron chi connectivity index (χ2n) is 6.33. The molecule has 2 aromatic carbocycles. The van der Waals surface area contributed by atoms with E-state index in [0.29, 0.717) is 4.68 Å².